The van der Waals surface area contributed by atoms with Crippen LogP contribution < -0.4 is 10.9 Å². The van der Waals surface area contributed by atoms with Crippen LogP contribution in [0.4, 0.5) is 5.69 Å². The van der Waals surface area contributed by atoms with E-state index in [0.29, 0.717) is 11.3 Å². The minimum atomic E-state index is -0.314. The van der Waals surface area contributed by atoms with Crippen molar-refractivity contribution in [2.24, 2.45) is 0 Å². The topological polar surface area (TPSA) is 42.2 Å². The predicted molar refractivity (Wildman–Crippen MR) is 61.5 cm³/mol. The first-order valence-corrected chi connectivity index (χ1v) is 4.85. The molecule has 0 fully saturated rings. The Bertz CT molecular complexity index is 570. The molecule has 0 saturated carbocycles. The standard InChI is InChI=1S/C12H13NO2/c1-7-4-5-10-9(6-7)8(2)11(13-3)12(14)15-10/h4-6,13H,1-3H3. The summed E-state index contributed by atoms with van der Waals surface area (Å²) in [5.41, 5.74) is 2.95. The molecule has 0 spiro atoms. The van der Waals surface area contributed by atoms with Crippen molar-refractivity contribution in [2.75, 3.05) is 12.4 Å². The van der Waals surface area contributed by atoms with Gasteiger partial charge in [-0.25, -0.2) is 4.79 Å². The fourth-order valence-corrected chi connectivity index (χ4v) is 1.75. The number of nitrogens with one attached hydrogen (secondary N) is 1. The molecule has 0 aliphatic carbocycles. The molecule has 1 N–H and O–H groups in total. The minimum Gasteiger partial charge on any atom is -0.421 e. The highest BCUT2D eigenvalue weighted by Gasteiger charge is 2.09. The van der Waals surface area contributed by atoms with Crippen LogP contribution in [0.2, 0.25) is 0 Å². The number of aryl methyl sites for hydroxylation is 2. The average molecular weight is 203 g/mol. The molecule has 0 unspecified atom stereocenters. The number of hydrogen-bond donors (Lipinski definition) is 1. The van der Waals surface area contributed by atoms with E-state index in [2.05, 4.69) is 5.32 Å². The second-order valence-corrected chi connectivity index (χ2v) is 3.64. The maximum atomic E-state index is 11.5. The van der Waals surface area contributed by atoms with Gasteiger partial charge in [-0.2, -0.15) is 0 Å². The molecule has 2 aromatic rings. The van der Waals surface area contributed by atoms with Gasteiger partial charge in [0.2, 0.25) is 0 Å². The van der Waals surface area contributed by atoms with Gasteiger partial charge in [0.15, 0.2) is 0 Å². The molecule has 78 valence electrons. The van der Waals surface area contributed by atoms with Crippen LogP contribution in [0.1, 0.15) is 11.1 Å². The number of benzene rings is 1. The third-order valence-corrected chi connectivity index (χ3v) is 2.57. The molecule has 1 aromatic carbocycles. The van der Waals surface area contributed by atoms with E-state index in [4.69, 9.17) is 4.42 Å². The summed E-state index contributed by atoms with van der Waals surface area (Å²) < 4.78 is 5.20. The van der Waals surface area contributed by atoms with Crippen LogP contribution in [0.5, 0.6) is 0 Å². The van der Waals surface area contributed by atoms with E-state index >= 15 is 0 Å². The van der Waals surface area contributed by atoms with E-state index in [9.17, 15) is 4.79 Å². The van der Waals surface area contributed by atoms with Crippen LogP contribution >= 0.6 is 0 Å². The van der Waals surface area contributed by atoms with E-state index in [1.54, 1.807) is 7.05 Å². The van der Waals surface area contributed by atoms with Crippen molar-refractivity contribution >= 4 is 16.7 Å². The Labute approximate surface area is 87.7 Å². The molecule has 0 radical (unpaired) electrons. The lowest BCUT2D eigenvalue weighted by Gasteiger charge is -2.07. The zero-order chi connectivity index (χ0) is 11.0. The first kappa shape index (κ1) is 9.77. The van der Waals surface area contributed by atoms with E-state index < -0.39 is 0 Å². The molecule has 1 aromatic heterocycles. The number of hydrogen-bond acceptors (Lipinski definition) is 3. The van der Waals surface area contributed by atoms with Gasteiger partial charge in [0.1, 0.15) is 11.3 Å². The van der Waals surface area contributed by atoms with Gasteiger partial charge in [-0.3, -0.25) is 0 Å². The van der Waals surface area contributed by atoms with Gasteiger partial charge in [0, 0.05) is 12.4 Å². The molecule has 0 aliphatic rings. The number of rotatable bonds is 1. The van der Waals surface area contributed by atoms with Gasteiger partial charge >= 0.3 is 5.63 Å². The molecule has 0 bridgehead atoms. The van der Waals surface area contributed by atoms with Crippen LogP contribution in [0.25, 0.3) is 11.0 Å². The van der Waals surface area contributed by atoms with E-state index in [-0.39, 0.29) is 5.63 Å². The van der Waals surface area contributed by atoms with Gasteiger partial charge in [-0.15, -0.1) is 0 Å². The molecule has 3 nitrogen and oxygen atoms in total. The van der Waals surface area contributed by atoms with Crippen LogP contribution in [0.15, 0.2) is 27.4 Å². The Morgan fingerprint density at radius 1 is 1.27 bits per heavy atom. The highest BCUT2D eigenvalue weighted by atomic mass is 16.4. The maximum absolute atomic E-state index is 11.5. The van der Waals surface area contributed by atoms with Crippen molar-refractivity contribution in [2.45, 2.75) is 13.8 Å². The number of anilines is 1. The second kappa shape index (κ2) is 3.42. The van der Waals surface area contributed by atoms with Gasteiger partial charge in [-0.05, 0) is 31.5 Å². The molecule has 2 rings (SSSR count). The lowest BCUT2D eigenvalue weighted by atomic mass is 10.1. The fourth-order valence-electron chi connectivity index (χ4n) is 1.75. The SMILES string of the molecule is CNc1c(C)c2cc(C)ccc2oc1=O. The largest absolute Gasteiger partial charge is 0.421 e. The maximum Gasteiger partial charge on any atom is 0.360 e. The summed E-state index contributed by atoms with van der Waals surface area (Å²) in [6.07, 6.45) is 0. The third-order valence-electron chi connectivity index (χ3n) is 2.57. The molecule has 3 heteroatoms. The van der Waals surface area contributed by atoms with Crippen LogP contribution in [-0.2, 0) is 0 Å². The predicted octanol–water partition coefficient (Wildman–Crippen LogP) is 2.45. The zero-order valence-electron chi connectivity index (χ0n) is 9.05. The summed E-state index contributed by atoms with van der Waals surface area (Å²) in [5, 5.41) is 3.85. The third kappa shape index (κ3) is 1.50. The Morgan fingerprint density at radius 3 is 2.67 bits per heavy atom. The summed E-state index contributed by atoms with van der Waals surface area (Å²) in [6, 6.07) is 5.79. The Balaban J connectivity index is 2.92. The van der Waals surface area contributed by atoms with Crippen molar-refractivity contribution < 1.29 is 4.42 Å². The molecule has 1 heterocycles. The van der Waals surface area contributed by atoms with Crippen LogP contribution in [-0.4, -0.2) is 7.05 Å². The van der Waals surface area contributed by atoms with E-state index in [1.165, 1.54) is 0 Å². The van der Waals surface area contributed by atoms with E-state index in [1.807, 2.05) is 32.0 Å². The summed E-state index contributed by atoms with van der Waals surface area (Å²) in [6.45, 7) is 3.94. The minimum absolute atomic E-state index is 0.314. The fraction of sp³-hybridized carbons (Fsp3) is 0.250. The Morgan fingerprint density at radius 2 is 2.00 bits per heavy atom. The van der Waals surface area contributed by atoms with Crippen LogP contribution in [0, 0.1) is 13.8 Å². The Kier molecular flexibility index (Phi) is 2.23. The van der Waals surface area contributed by atoms with Gasteiger partial charge in [0.05, 0.1) is 0 Å². The molecule has 0 amide bonds. The van der Waals surface area contributed by atoms with Gasteiger partial charge < -0.3 is 9.73 Å². The molecular weight excluding hydrogens is 190 g/mol. The summed E-state index contributed by atoms with van der Waals surface area (Å²) >= 11 is 0. The average Bonchev–Trinajstić information content (AvgIpc) is 2.20. The quantitative estimate of drug-likeness (QED) is 0.724. The monoisotopic (exact) mass is 203 g/mol. The van der Waals surface area contributed by atoms with Crippen molar-refractivity contribution in [1.29, 1.82) is 0 Å². The van der Waals surface area contributed by atoms with E-state index in [0.717, 1.165) is 16.5 Å². The smallest absolute Gasteiger partial charge is 0.360 e. The lowest BCUT2D eigenvalue weighted by molar-refractivity contribution is 0.562. The van der Waals surface area contributed by atoms with Crippen molar-refractivity contribution in [3.05, 3.63) is 39.7 Å². The normalized spacial score (nSPS) is 10.6. The highest BCUT2D eigenvalue weighted by Crippen LogP contribution is 2.22. The number of fused-ring (bicyclic) bond motifs is 1. The highest BCUT2D eigenvalue weighted by molar-refractivity contribution is 5.84. The van der Waals surface area contributed by atoms with Gasteiger partial charge in [0.25, 0.3) is 0 Å². The second-order valence-electron chi connectivity index (χ2n) is 3.64. The zero-order valence-corrected chi connectivity index (χ0v) is 9.05. The molecule has 0 atom stereocenters. The summed E-state index contributed by atoms with van der Waals surface area (Å²) in [7, 11) is 1.72. The first-order valence-electron chi connectivity index (χ1n) is 4.85. The molecule has 15 heavy (non-hydrogen) atoms. The first-order chi connectivity index (χ1) is 7.13. The van der Waals surface area contributed by atoms with Crippen molar-refractivity contribution in [3.8, 4) is 0 Å². The lowest BCUT2D eigenvalue weighted by Crippen LogP contribution is -2.09. The summed E-state index contributed by atoms with van der Waals surface area (Å²) in [5.74, 6) is 0. The van der Waals surface area contributed by atoms with Crippen molar-refractivity contribution in [3.63, 3.8) is 0 Å². The molecular formula is C12H13NO2. The van der Waals surface area contributed by atoms with Crippen molar-refractivity contribution in [1.82, 2.24) is 0 Å². The van der Waals surface area contributed by atoms with Crippen LogP contribution in [0.3, 0.4) is 0 Å². The summed E-state index contributed by atoms with van der Waals surface area (Å²) in [4.78, 5) is 11.5. The Hall–Kier alpha value is -1.77. The molecule has 0 aliphatic heterocycles. The van der Waals surface area contributed by atoms with Gasteiger partial charge in [-0.1, -0.05) is 11.6 Å². The molecule has 0 saturated heterocycles.